The molecule has 1 aromatic carbocycles. The quantitative estimate of drug-likeness (QED) is 0.735. The third-order valence-corrected chi connectivity index (χ3v) is 2.26. The fourth-order valence-electron chi connectivity index (χ4n) is 1.30. The Hall–Kier alpha value is -0.630. The predicted octanol–water partition coefficient (Wildman–Crippen LogP) is 2.15. The summed E-state index contributed by atoms with van der Waals surface area (Å²) in [6.07, 6.45) is 0.825. The van der Waals surface area contributed by atoms with E-state index < -0.39 is 8.60 Å². The Morgan fingerprint density at radius 1 is 1.38 bits per heavy atom. The molecule has 72 valence electrons. The summed E-state index contributed by atoms with van der Waals surface area (Å²) in [5.74, 6) is 0.568. The minimum Gasteiger partial charge on any atom is -0.427 e. The minimum atomic E-state index is -2.31. The Morgan fingerprint density at radius 2 is 2.08 bits per heavy atom. The Bertz CT molecular complexity index is 286. The average molecular weight is 200 g/mol. The van der Waals surface area contributed by atoms with Gasteiger partial charge in [0.1, 0.15) is 5.75 Å². The van der Waals surface area contributed by atoms with Crippen molar-refractivity contribution >= 4 is 8.60 Å². The van der Waals surface area contributed by atoms with Crippen LogP contribution in [0.1, 0.15) is 18.1 Å². The molecule has 0 aliphatic heterocycles. The summed E-state index contributed by atoms with van der Waals surface area (Å²) < 4.78 is 4.89. The van der Waals surface area contributed by atoms with Crippen LogP contribution < -0.4 is 4.52 Å². The van der Waals surface area contributed by atoms with Crippen molar-refractivity contribution in [3.8, 4) is 5.75 Å². The number of hydrogen-bond donors (Lipinski definition) is 2. The summed E-state index contributed by atoms with van der Waals surface area (Å²) in [7, 11) is -2.31. The van der Waals surface area contributed by atoms with Gasteiger partial charge in [-0.05, 0) is 30.5 Å². The number of benzene rings is 1. The summed E-state index contributed by atoms with van der Waals surface area (Å²) >= 11 is 0. The van der Waals surface area contributed by atoms with E-state index in [1.165, 1.54) is 0 Å². The molecule has 0 unspecified atom stereocenters. The zero-order valence-electron chi connectivity index (χ0n) is 7.69. The van der Waals surface area contributed by atoms with Crippen molar-refractivity contribution in [1.29, 1.82) is 0 Å². The van der Waals surface area contributed by atoms with Crippen LogP contribution in [-0.4, -0.2) is 9.79 Å². The van der Waals surface area contributed by atoms with Gasteiger partial charge in [-0.3, -0.25) is 0 Å². The van der Waals surface area contributed by atoms with Crippen LogP contribution in [0.15, 0.2) is 18.2 Å². The van der Waals surface area contributed by atoms with Gasteiger partial charge in [-0.1, -0.05) is 19.1 Å². The molecule has 1 aromatic rings. The van der Waals surface area contributed by atoms with Gasteiger partial charge in [0.15, 0.2) is 0 Å². The standard InChI is InChI=1S/C9H13O3P/c1-3-8-7(2)5-4-6-9(8)12-13(10)11/h4-6,10-11H,3H2,1-2H3. The van der Waals surface area contributed by atoms with Gasteiger partial charge in [0.25, 0.3) is 0 Å². The molecule has 0 fully saturated rings. The summed E-state index contributed by atoms with van der Waals surface area (Å²) in [6.45, 7) is 3.98. The second-order valence-electron chi connectivity index (χ2n) is 2.75. The average Bonchev–Trinajstić information content (AvgIpc) is 2.03. The van der Waals surface area contributed by atoms with Crippen LogP contribution in [0.3, 0.4) is 0 Å². The molecule has 0 spiro atoms. The molecule has 0 radical (unpaired) electrons. The van der Waals surface area contributed by atoms with Crippen LogP contribution in [-0.2, 0) is 6.42 Å². The van der Waals surface area contributed by atoms with Crippen LogP contribution in [0, 0.1) is 6.92 Å². The highest BCUT2D eigenvalue weighted by molar-refractivity contribution is 7.39. The minimum absolute atomic E-state index is 0.568. The molecule has 0 aliphatic carbocycles. The molecular formula is C9H13O3P. The van der Waals surface area contributed by atoms with E-state index >= 15 is 0 Å². The van der Waals surface area contributed by atoms with E-state index in [4.69, 9.17) is 14.3 Å². The van der Waals surface area contributed by atoms with Gasteiger partial charge in [0.05, 0.1) is 0 Å². The van der Waals surface area contributed by atoms with E-state index in [0.29, 0.717) is 5.75 Å². The molecule has 0 heterocycles. The highest BCUT2D eigenvalue weighted by Crippen LogP contribution is 2.32. The van der Waals surface area contributed by atoms with E-state index in [9.17, 15) is 0 Å². The summed E-state index contributed by atoms with van der Waals surface area (Å²) in [5, 5.41) is 0. The molecule has 0 bridgehead atoms. The predicted molar refractivity (Wildman–Crippen MR) is 52.5 cm³/mol. The molecule has 13 heavy (non-hydrogen) atoms. The van der Waals surface area contributed by atoms with E-state index in [2.05, 4.69) is 0 Å². The SMILES string of the molecule is CCc1c(C)cccc1OP(O)O. The smallest absolute Gasteiger partial charge is 0.391 e. The fraction of sp³-hybridized carbons (Fsp3) is 0.333. The monoisotopic (exact) mass is 200 g/mol. The molecule has 0 aliphatic rings. The molecule has 3 nitrogen and oxygen atoms in total. The molecule has 1 rings (SSSR count). The molecule has 0 aromatic heterocycles. The van der Waals surface area contributed by atoms with E-state index in [1.807, 2.05) is 26.0 Å². The largest absolute Gasteiger partial charge is 0.427 e. The van der Waals surface area contributed by atoms with Crippen molar-refractivity contribution in [3.05, 3.63) is 29.3 Å². The molecule has 0 amide bonds. The van der Waals surface area contributed by atoms with E-state index in [0.717, 1.165) is 17.5 Å². The first-order valence-electron chi connectivity index (χ1n) is 4.09. The summed E-state index contributed by atoms with van der Waals surface area (Å²) in [6, 6.07) is 5.55. The highest BCUT2D eigenvalue weighted by atomic mass is 31.2. The maximum Gasteiger partial charge on any atom is 0.391 e. The van der Waals surface area contributed by atoms with Gasteiger partial charge in [-0.25, -0.2) is 0 Å². The van der Waals surface area contributed by atoms with Gasteiger partial charge in [-0.15, -0.1) is 0 Å². The van der Waals surface area contributed by atoms with Crippen LogP contribution >= 0.6 is 8.60 Å². The van der Waals surface area contributed by atoms with Crippen molar-refractivity contribution in [2.45, 2.75) is 20.3 Å². The first kappa shape index (κ1) is 10.5. The molecule has 0 saturated heterocycles. The van der Waals surface area contributed by atoms with Gasteiger partial charge >= 0.3 is 8.60 Å². The topological polar surface area (TPSA) is 49.7 Å². The van der Waals surface area contributed by atoms with E-state index in [1.54, 1.807) is 6.07 Å². The van der Waals surface area contributed by atoms with Crippen LogP contribution in [0.5, 0.6) is 5.75 Å². The first-order valence-corrected chi connectivity index (χ1v) is 5.26. The summed E-state index contributed by atoms with van der Waals surface area (Å²) in [5.41, 5.74) is 2.13. The van der Waals surface area contributed by atoms with Crippen molar-refractivity contribution in [1.82, 2.24) is 0 Å². The second-order valence-corrected chi connectivity index (χ2v) is 3.44. The Balaban J connectivity index is 2.98. The maximum absolute atomic E-state index is 8.71. The summed E-state index contributed by atoms with van der Waals surface area (Å²) in [4.78, 5) is 17.4. The Morgan fingerprint density at radius 3 is 2.62 bits per heavy atom. The molecular weight excluding hydrogens is 187 g/mol. The molecule has 0 atom stereocenters. The Labute approximate surface area is 79.0 Å². The van der Waals surface area contributed by atoms with Crippen molar-refractivity contribution in [2.75, 3.05) is 0 Å². The molecule has 4 heteroatoms. The van der Waals surface area contributed by atoms with Crippen LogP contribution in [0.2, 0.25) is 0 Å². The van der Waals surface area contributed by atoms with Crippen molar-refractivity contribution < 1.29 is 14.3 Å². The Kier molecular flexibility index (Phi) is 3.67. The normalized spacial score (nSPS) is 10.5. The van der Waals surface area contributed by atoms with Crippen molar-refractivity contribution in [2.24, 2.45) is 0 Å². The lowest BCUT2D eigenvalue weighted by atomic mass is 10.1. The molecule has 0 saturated carbocycles. The zero-order chi connectivity index (χ0) is 9.84. The van der Waals surface area contributed by atoms with Gasteiger partial charge < -0.3 is 14.3 Å². The van der Waals surface area contributed by atoms with Crippen LogP contribution in [0.4, 0.5) is 0 Å². The maximum atomic E-state index is 8.71. The van der Waals surface area contributed by atoms with Crippen molar-refractivity contribution in [3.63, 3.8) is 0 Å². The van der Waals surface area contributed by atoms with Gasteiger partial charge in [-0.2, -0.15) is 0 Å². The first-order chi connectivity index (χ1) is 6.15. The third kappa shape index (κ3) is 2.66. The number of hydrogen-bond acceptors (Lipinski definition) is 3. The zero-order valence-corrected chi connectivity index (χ0v) is 8.58. The lowest BCUT2D eigenvalue weighted by molar-refractivity contribution is 0.373. The van der Waals surface area contributed by atoms with Crippen LogP contribution in [0.25, 0.3) is 0 Å². The molecule has 2 N–H and O–H groups in total. The highest BCUT2D eigenvalue weighted by Gasteiger charge is 2.08. The number of aryl methyl sites for hydroxylation is 1. The lowest BCUT2D eigenvalue weighted by Gasteiger charge is -2.11. The lowest BCUT2D eigenvalue weighted by Crippen LogP contribution is -1.93. The van der Waals surface area contributed by atoms with Gasteiger partial charge in [0, 0.05) is 0 Å². The third-order valence-electron chi connectivity index (χ3n) is 1.90. The van der Waals surface area contributed by atoms with E-state index in [-0.39, 0.29) is 0 Å². The fourth-order valence-corrected chi connectivity index (χ4v) is 1.65. The second kappa shape index (κ2) is 4.56. The number of rotatable bonds is 3. The van der Waals surface area contributed by atoms with Gasteiger partial charge in [0.2, 0.25) is 0 Å².